The topological polar surface area (TPSA) is 73.1 Å². The Bertz CT molecular complexity index is 554. The van der Waals surface area contributed by atoms with Crippen molar-refractivity contribution < 1.29 is 4.74 Å². The monoisotopic (exact) mass is 286 g/mol. The molecule has 1 aromatic carbocycles. The highest BCUT2D eigenvalue weighted by Crippen LogP contribution is 2.14. The Hall–Kier alpha value is -2.14. The Kier molecular flexibility index (Phi) is 5.51. The summed E-state index contributed by atoms with van der Waals surface area (Å²) < 4.78 is 5.55. The molecular weight excluding hydrogens is 264 g/mol. The summed E-state index contributed by atoms with van der Waals surface area (Å²) in [6, 6.07) is 10.2. The molecule has 0 fully saturated rings. The molecule has 0 aliphatic carbocycles. The molecule has 0 radical (unpaired) electrons. The van der Waals surface area contributed by atoms with E-state index >= 15 is 0 Å². The van der Waals surface area contributed by atoms with Crippen LogP contribution in [0.3, 0.4) is 0 Å². The third-order valence-corrected chi connectivity index (χ3v) is 2.93. The second kappa shape index (κ2) is 7.59. The molecule has 1 aromatic heterocycles. The molecule has 0 saturated carbocycles. The zero-order valence-corrected chi connectivity index (χ0v) is 12.5. The standard InChI is InChI=1S/C16H22N4O/c1-12(2)21-16-9-15(19-11-20-16)18-10-14-5-3-13(4-6-14)7-8-17/h3-6,9,11-12H,7-8,10,17H2,1-2H3,(H,18,19,20). The van der Waals surface area contributed by atoms with Gasteiger partial charge in [-0.2, -0.15) is 0 Å². The number of hydrogen-bond acceptors (Lipinski definition) is 5. The van der Waals surface area contributed by atoms with E-state index < -0.39 is 0 Å². The highest BCUT2D eigenvalue weighted by Gasteiger charge is 2.02. The summed E-state index contributed by atoms with van der Waals surface area (Å²) in [7, 11) is 0. The number of ether oxygens (including phenoxy) is 1. The molecule has 0 aliphatic heterocycles. The average Bonchev–Trinajstić information content (AvgIpc) is 2.47. The van der Waals surface area contributed by atoms with Gasteiger partial charge < -0.3 is 15.8 Å². The molecule has 2 rings (SSSR count). The molecule has 0 saturated heterocycles. The van der Waals surface area contributed by atoms with Gasteiger partial charge in [-0.15, -0.1) is 0 Å². The number of hydrogen-bond donors (Lipinski definition) is 2. The number of aromatic nitrogens is 2. The van der Waals surface area contributed by atoms with Gasteiger partial charge in [0.15, 0.2) is 0 Å². The Balaban J connectivity index is 1.93. The molecule has 3 N–H and O–H groups in total. The Morgan fingerprint density at radius 2 is 1.86 bits per heavy atom. The number of rotatable bonds is 7. The van der Waals surface area contributed by atoms with E-state index in [2.05, 4.69) is 39.6 Å². The first-order valence-corrected chi connectivity index (χ1v) is 7.18. The molecule has 0 unspecified atom stereocenters. The summed E-state index contributed by atoms with van der Waals surface area (Å²) in [6.45, 7) is 5.33. The van der Waals surface area contributed by atoms with E-state index in [1.54, 1.807) is 0 Å². The summed E-state index contributed by atoms with van der Waals surface area (Å²) in [5.74, 6) is 1.34. The van der Waals surface area contributed by atoms with Crippen molar-refractivity contribution in [2.45, 2.75) is 32.9 Å². The van der Waals surface area contributed by atoms with E-state index in [4.69, 9.17) is 10.5 Å². The maximum absolute atomic E-state index is 5.55. The highest BCUT2D eigenvalue weighted by molar-refractivity contribution is 5.38. The van der Waals surface area contributed by atoms with Crippen molar-refractivity contribution in [3.8, 4) is 5.88 Å². The van der Waals surface area contributed by atoms with Gasteiger partial charge in [-0.1, -0.05) is 24.3 Å². The molecule has 1 heterocycles. The fourth-order valence-electron chi connectivity index (χ4n) is 1.93. The molecule has 5 nitrogen and oxygen atoms in total. The van der Waals surface area contributed by atoms with E-state index in [9.17, 15) is 0 Å². The lowest BCUT2D eigenvalue weighted by atomic mass is 10.1. The van der Waals surface area contributed by atoms with Crippen molar-refractivity contribution in [1.29, 1.82) is 0 Å². The molecular formula is C16H22N4O. The van der Waals surface area contributed by atoms with Crippen LogP contribution in [0.2, 0.25) is 0 Å². The fourth-order valence-corrected chi connectivity index (χ4v) is 1.93. The lowest BCUT2D eigenvalue weighted by molar-refractivity contribution is 0.232. The number of anilines is 1. The molecule has 0 atom stereocenters. The summed E-state index contributed by atoms with van der Waals surface area (Å²) in [6.07, 6.45) is 2.52. The minimum atomic E-state index is 0.0999. The van der Waals surface area contributed by atoms with Crippen LogP contribution in [-0.2, 0) is 13.0 Å². The third-order valence-electron chi connectivity index (χ3n) is 2.93. The molecule has 112 valence electrons. The van der Waals surface area contributed by atoms with Gasteiger partial charge in [0.05, 0.1) is 6.10 Å². The smallest absolute Gasteiger partial charge is 0.218 e. The van der Waals surface area contributed by atoms with E-state index in [-0.39, 0.29) is 6.10 Å². The van der Waals surface area contributed by atoms with E-state index in [0.29, 0.717) is 19.0 Å². The van der Waals surface area contributed by atoms with Crippen molar-refractivity contribution in [1.82, 2.24) is 9.97 Å². The number of nitrogens with two attached hydrogens (primary N) is 1. The first-order valence-electron chi connectivity index (χ1n) is 7.18. The largest absolute Gasteiger partial charge is 0.475 e. The van der Waals surface area contributed by atoms with Crippen molar-refractivity contribution in [2.24, 2.45) is 5.73 Å². The molecule has 0 spiro atoms. The molecule has 21 heavy (non-hydrogen) atoms. The first-order chi connectivity index (χ1) is 10.2. The second-order valence-electron chi connectivity index (χ2n) is 5.12. The van der Waals surface area contributed by atoms with Crippen LogP contribution in [0.4, 0.5) is 5.82 Å². The number of nitrogens with zero attached hydrogens (tertiary/aromatic N) is 2. The maximum Gasteiger partial charge on any atom is 0.218 e. The van der Waals surface area contributed by atoms with Crippen LogP contribution in [0.15, 0.2) is 36.7 Å². The van der Waals surface area contributed by atoms with Crippen molar-refractivity contribution >= 4 is 5.82 Å². The zero-order chi connectivity index (χ0) is 15.1. The van der Waals surface area contributed by atoms with Crippen molar-refractivity contribution in [3.63, 3.8) is 0 Å². The van der Waals surface area contributed by atoms with Crippen LogP contribution in [-0.4, -0.2) is 22.6 Å². The van der Waals surface area contributed by atoms with Gasteiger partial charge in [-0.25, -0.2) is 9.97 Å². The zero-order valence-electron chi connectivity index (χ0n) is 12.5. The lowest BCUT2D eigenvalue weighted by Gasteiger charge is -2.10. The number of nitrogens with one attached hydrogen (secondary N) is 1. The quantitative estimate of drug-likeness (QED) is 0.817. The van der Waals surface area contributed by atoms with Gasteiger partial charge in [-0.05, 0) is 37.9 Å². The molecule has 0 aliphatic rings. The van der Waals surface area contributed by atoms with Crippen LogP contribution in [0.25, 0.3) is 0 Å². The van der Waals surface area contributed by atoms with Crippen LogP contribution in [0.1, 0.15) is 25.0 Å². The Morgan fingerprint density at radius 1 is 1.14 bits per heavy atom. The minimum Gasteiger partial charge on any atom is -0.475 e. The van der Waals surface area contributed by atoms with Crippen molar-refractivity contribution in [2.75, 3.05) is 11.9 Å². The van der Waals surface area contributed by atoms with E-state index in [1.165, 1.54) is 17.5 Å². The Labute approximate surface area is 125 Å². The average molecular weight is 286 g/mol. The van der Waals surface area contributed by atoms with E-state index in [1.807, 2.05) is 19.9 Å². The van der Waals surface area contributed by atoms with Gasteiger partial charge >= 0.3 is 0 Å². The predicted octanol–water partition coefficient (Wildman–Crippen LogP) is 2.38. The Morgan fingerprint density at radius 3 is 2.52 bits per heavy atom. The predicted molar refractivity (Wildman–Crippen MR) is 84.3 cm³/mol. The number of benzene rings is 1. The summed E-state index contributed by atoms with van der Waals surface area (Å²) in [4.78, 5) is 8.27. The van der Waals surface area contributed by atoms with Crippen LogP contribution < -0.4 is 15.8 Å². The molecule has 2 aromatic rings. The van der Waals surface area contributed by atoms with Gasteiger partial charge in [-0.3, -0.25) is 0 Å². The van der Waals surface area contributed by atoms with Gasteiger partial charge in [0.2, 0.25) is 5.88 Å². The van der Waals surface area contributed by atoms with Gasteiger partial charge in [0.1, 0.15) is 12.1 Å². The highest BCUT2D eigenvalue weighted by atomic mass is 16.5. The summed E-state index contributed by atoms with van der Waals surface area (Å²) in [5, 5.41) is 3.27. The fraction of sp³-hybridized carbons (Fsp3) is 0.375. The summed E-state index contributed by atoms with van der Waals surface area (Å²) >= 11 is 0. The minimum absolute atomic E-state index is 0.0999. The van der Waals surface area contributed by atoms with Crippen molar-refractivity contribution in [3.05, 3.63) is 47.8 Å². The second-order valence-corrected chi connectivity index (χ2v) is 5.12. The van der Waals surface area contributed by atoms with Crippen LogP contribution >= 0.6 is 0 Å². The van der Waals surface area contributed by atoms with Gasteiger partial charge in [0, 0.05) is 12.6 Å². The summed E-state index contributed by atoms with van der Waals surface area (Å²) in [5.41, 5.74) is 8.00. The SMILES string of the molecule is CC(C)Oc1cc(NCc2ccc(CCN)cc2)ncn1. The molecule has 0 bridgehead atoms. The van der Waals surface area contributed by atoms with Crippen LogP contribution in [0.5, 0.6) is 5.88 Å². The van der Waals surface area contributed by atoms with Crippen LogP contribution in [0, 0.1) is 0 Å². The van der Waals surface area contributed by atoms with Gasteiger partial charge in [0.25, 0.3) is 0 Å². The lowest BCUT2D eigenvalue weighted by Crippen LogP contribution is -2.08. The molecule has 0 amide bonds. The first kappa shape index (κ1) is 15.3. The maximum atomic E-state index is 5.55. The third kappa shape index (κ3) is 5.04. The van der Waals surface area contributed by atoms with E-state index in [0.717, 1.165) is 12.2 Å². The molecule has 5 heteroatoms. The normalized spacial score (nSPS) is 10.7.